The van der Waals surface area contributed by atoms with Crippen molar-refractivity contribution in [2.75, 3.05) is 0 Å². The van der Waals surface area contributed by atoms with E-state index in [1.54, 1.807) is 0 Å². The lowest BCUT2D eigenvalue weighted by Gasteiger charge is -2.15. The minimum Gasteiger partial charge on any atom is -0.505 e. The third kappa shape index (κ3) is 3.12. The highest BCUT2D eigenvalue weighted by molar-refractivity contribution is 7.84. The van der Waals surface area contributed by atoms with Gasteiger partial charge in [0.25, 0.3) is 5.91 Å². The number of pyridine rings is 1. The minimum absolute atomic E-state index is 0.0191. The van der Waals surface area contributed by atoms with Gasteiger partial charge in [-0.3, -0.25) is 9.78 Å². The summed E-state index contributed by atoms with van der Waals surface area (Å²) in [6.45, 7) is 0.112. The number of aromatic hydroxyl groups is 1. The highest BCUT2D eigenvalue weighted by atomic mass is 32.2. The topological polar surface area (TPSA) is 123 Å². The molecule has 3 N–H and O–H groups in total. The fourth-order valence-corrected chi connectivity index (χ4v) is 3.69. The quantitative estimate of drug-likeness (QED) is 0.685. The summed E-state index contributed by atoms with van der Waals surface area (Å²) in [4.78, 5) is 18.3. The number of rotatable bonds is 4. The highest BCUT2D eigenvalue weighted by Crippen LogP contribution is 2.44. The number of halogens is 1. The first kappa shape index (κ1) is 18.1. The van der Waals surface area contributed by atoms with Crippen LogP contribution in [-0.2, 0) is 23.4 Å². The Morgan fingerprint density at radius 1 is 1.25 bits per heavy atom. The molecule has 1 amide bonds. The predicted octanol–water partition coefficient (Wildman–Crippen LogP) is 1.82. The van der Waals surface area contributed by atoms with Crippen molar-refractivity contribution in [3.63, 3.8) is 0 Å². The van der Waals surface area contributed by atoms with Crippen LogP contribution in [0.1, 0.15) is 21.5 Å². The van der Waals surface area contributed by atoms with Crippen molar-refractivity contribution < 1.29 is 26.9 Å². The Balaban J connectivity index is 1.84. The minimum atomic E-state index is -4.38. The van der Waals surface area contributed by atoms with Crippen LogP contribution in [0, 0.1) is 5.82 Å². The summed E-state index contributed by atoms with van der Waals surface area (Å²) >= 11 is 0. The van der Waals surface area contributed by atoms with Gasteiger partial charge >= 0.3 is 10.3 Å². The Hall–Kier alpha value is -3.24. The molecule has 0 fully saturated rings. The molecule has 0 spiro atoms. The standard InChI is InChI=1S/C18H14FN3O5S/c19-11-5-3-10(4-6-11)8-22-9-13-14(18(22)24)16(23)15-12(2-1-7-21-15)17(13)27-28(20,25)26/h1-7,23H,8-9H2,(H2,20,25,26). The monoisotopic (exact) mass is 403 g/mol. The molecule has 1 aliphatic rings. The van der Waals surface area contributed by atoms with Gasteiger partial charge in [-0.15, -0.1) is 0 Å². The second-order valence-electron chi connectivity index (χ2n) is 6.29. The molecular formula is C18H14FN3O5S. The second kappa shape index (κ2) is 6.43. The van der Waals surface area contributed by atoms with Gasteiger partial charge in [-0.2, -0.15) is 13.6 Å². The molecule has 0 aliphatic carbocycles. The molecule has 4 rings (SSSR count). The van der Waals surface area contributed by atoms with Crippen molar-refractivity contribution in [3.8, 4) is 11.5 Å². The van der Waals surface area contributed by atoms with Crippen molar-refractivity contribution >= 4 is 27.1 Å². The van der Waals surface area contributed by atoms with Crippen molar-refractivity contribution in [1.29, 1.82) is 0 Å². The molecule has 8 nitrogen and oxygen atoms in total. The number of fused-ring (bicyclic) bond motifs is 2. The summed E-state index contributed by atoms with van der Waals surface area (Å²) < 4.78 is 41.2. The predicted molar refractivity (Wildman–Crippen MR) is 97.1 cm³/mol. The van der Waals surface area contributed by atoms with Gasteiger partial charge in [-0.1, -0.05) is 12.1 Å². The number of aromatic nitrogens is 1. The fraction of sp³-hybridized carbons (Fsp3) is 0.111. The van der Waals surface area contributed by atoms with Crippen molar-refractivity contribution in [2.45, 2.75) is 13.1 Å². The molecule has 10 heteroatoms. The first-order chi connectivity index (χ1) is 13.2. The van der Waals surface area contributed by atoms with Crippen LogP contribution < -0.4 is 9.32 Å². The van der Waals surface area contributed by atoms with Gasteiger partial charge < -0.3 is 14.2 Å². The maximum absolute atomic E-state index is 13.1. The highest BCUT2D eigenvalue weighted by Gasteiger charge is 2.36. The van der Waals surface area contributed by atoms with Gasteiger partial charge in [-0.05, 0) is 29.8 Å². The third-order valence-electron chi connectivity index (χ3n) is 4.43. The van der Waals surface area contributed by atoms with Gasteiger partial charge in [0.05, 0.1) is 12.1 Å². The fourth-order valence-electron chi connectivity index (χ4n) is 3.27. The molecule has 1 aliphatic heterocycles. The Morgan fingerprint density at radius 2 is 1.96 bits per heavy atom. The molecule has 0 atom stereocenters. The zero-order valence-corrected chi connectivity index (χ0v) is 15.1. The lowest BCUT2D eigenvalue weighted by molar-refractivity contribution is 0.0764. The summed E-state index contributed by atoms with van der Waals surface area (Å²) in [7, 11) is -4.38. The van der Waals surface area contributed by atoms with Gasteiger partial charge in [0.15, 0.2) is 11.5 Å². The van der Waals surface area contributed by atoms with Crippen LogP contribution >= 0.6 is 0 Å². The summed E-state index contributed by atoms with van der Waals surface area (Å²) in [6, 6.07) is 8.66. The number of carbonyl (C=O) groups excluding carboxylic acids is 1. The van der Waals surface area contributed by atoms with Crippen LogP contribution in [0.4, 0.5) is 4.39 Å². The molecule has 0 unspecified atom stereocenters. The lowest BCUT2D eigenvalue weighted by Crippen LogP contribution is -2.23. The molecular weight excluding hydrogens is 389 g/mol. The van der Waals surface area contributed by atoms with Crippen LogP contribution in [0.5, 0.6) is 11.5 Å². The number of phenolic OH excluding ortho intramolecular Hbond substituents is 1. The number of nitrogens with two attached hydrogens (primary N) is 1. The Bertz CT molecular complexity index is 1210. The zero-order chi connectivity index (χ0) is 20.1. The Kier molecular flexibility index (Phi) is 4.16. The largest absolute Gasteiger partial charge is 0.505 e. The van der Waals surface area contributed by atoms with Crippen LogP contribution in [0.25, 0.3) is 10.9 Å². The van der Waals surface area contributed by atoms with Crippen LogP contribution in [0.2, 0.25) is 0 Å². The van der Waals surface area contributed by atoms with E-state index in [1.807, 2.05) is 0 Å². The third-order valence-corrected chi connectivity index (χ3v) is 4.82. The summed E-state index contributed by atoms with van der Waals surface area (Å²) in [5.41, 5.74) is 0.793. The van der Waals surface area contributed by atoms with Crippen LogP contribution in [-0.4, -0.2) is 29.3 Å². The lowest BCUT2D eigenvalue weighted by atomic mass is 10.0. The van der Waals surface area contributed by atoms with Gasteiger partial charge in [-0.25, -0.2) is 4.39 Å². The molecule has 0 bridgehead atoms. The molecule has 1 aromatic heterocycles. The van der Waals surface area contributed by atoms with E-state index in [-0.39, 0.29) is 46.6 Å². The Labute approximate surface area is 159 Å². The number of amides is 1. The number of phenols is 1. The van der Waals surface area contributed by atoms with E-state index in [0.717, 1.165) is 0 Å². The molecule has 0 radical (unpaired) electrons. The molecule has 0 saturated carbocycles. The van der Waals surface area contributed by atoms with E-state index in [0.29, 0.717) is 5.56 Å². The zero-order valence-electron chi connectivity index (χ0n) is 14.3. The van der Waals surface area contributed by atoms with Crippen LogP contribution in [0.15, 0.2) is 42.6 Å². The smallest absolute Gasteiger partial charge is 0.380 e. The van der Waals surface area contributed by atoms with Crippen molar-refractivity contribution in [2.24, 2.45) is 5.14 Å². The summed E-state index contributed by atoms with van der Waals surface area (Å²) in [5, 5.41) is 15.8. The average Bonchev–Trinajstić information content (AvgIpc) is 2.96. The first-order valence-electron chi connectivity index (χ1n) is 8.13. The molecule has 0 saturated heterocycles. The van der Waals surface area contributed by atoms with E-state index in [4.69, 9.17) is 9.32 Å². The van der Waals surface area contributed by atoms with Gasteiger partial charge in [0, 0.05) is 23.7 Å². The van der Waals surface area contributed by atoms with Gasteiger partial charge in [0.1, 0.15) is 11.3 Å². The molecule has 3 aromatic rings. The second-order valence-corrected chi connectivity index (χ2v) is 7.45. The number of carbonyl (C=O) groups is 1. The SMILES string of the molecule is NS(=O)(=O)Oc1c2c(c(O)c3ncccc13)C(=O)N(Cc1ccc(F)cc1)C2. The first-order valence-corrected chi connectivity index (χ1v) is 9.60. The summed E-state index contributed by atoms with van der Waals surface area (Å²) in [5.74, 6) is -1.44. The number of nitrogens with zero attached hydrogens (tertiary/aromatic N) is 2. The van der Waals surface area contributed by atoms with Crippen molar-refractivity contribution in [3.05, 3.63) is 65.1 Å². The van der Waals surface area contributed by atoms with Crippen LogP contribution in [0.3, 0.4) is 0 Å². The summed E-state index contributed by atoms with van der Waals surface area (Å²) in [6.07, 6.45) is 1.39. The molecule has 2 heterocycles. The van der Waals surface area contributed by atoms with E-state index in [9.17, 15) is 22.7 Å². The van der Waals surface area contributed by atoms with Crippen molar-refractivity contribution in [1.82, 2.24) is 9.88 Å². The van der Waals surface area contributed by atoms with E-state index in [1.165, 1.54) is 47.5 Å². The molecule has 28 heavy (non-hydrogen) atoms. The van der Waals surface area contributed by atoms with E-state index in [2.05, 4.69) is 4.98 Å². The Morgan fingerprint density at radius 3 is 2.64 bits per heavy atom. The number of benzene rings is 2. The maximum atomic E-state index is 13.1. The molecule has 2 aromatic carbocycles. The van der Waals surface area contributed by atoms with E-state index >= 15 is 0 Å². The number of hydrogen-bond donors (Lipinski definition) is 2. The van der Waals surface area contributed by atoms with E-state index < -0.39 is 22.0 Å². The average molecular weight is 403 g/mol. The van der Waals surface area contributed by atoms with Gasteiger partial charge in [0.2, 0.25) is 0 Å². The normalized spacial score (nSPS) is 13.8. The number of hydrogen-bond acceptors (Lipinski definition) is 6. The molecule has 144 valence electrons. The maximum Gasteiger partial charge on any atom is 0.380 e.